The maximum Gasteiger partial charge on any atom is 0.342 e. The molecule has 33 heavy (non-hydrogen) atoms. The van der Waals surface area contributed by atoms with E-state index >= 15 is 0 Å². The molecule has 6 rings (SSSR count). The number of carbonyl (C=O) groups is 2. The summed E-state index contributed by atoms with van der Waals surface area (Å²) < 4.78 is 7.25. The molecule has 0 radical (unpaired) electrons. The van der Waals surface area contributed by atoms with E-state index in [0.717, 1.165) is 29.0 Å². The highest BCUT2D eigenvalue weighted by Crippen LogP contribution is 2.61. The first-order chi connectivity index (χ1) is 15.8. The third-order valence-electron chi connectivity index (χ3n) is 8.48. The molecular formula is C27H35N3O3. The molecule has 4 bridgehead atoms. The molecule has 4 saturated carbocycles. The molecule has 1 atom stereocenters. The molecule has 6 heteroatoms. The summed E-state index contributed by atoms with van der Waals surface area (Å²) in [5.41, 5.74) is 3.17. The van der Waals surface area contributed by atoms with E-state index in [1.54, 1.807) is 6.92 Å². The average molecular weight is 450 g/mol. The van der Waals surface area contributed by atoms with Gasteiger partial charge in [-0.2, -0.15) is 5.10 Å². The van der Waals surface area contributed by atoms with Gasteiger partial charge < -0.3 is 10.1 Å². The molecule has 4 aliphatic carbocycles. The molecule has 0 unspecified atom stereocenters. The molecule has 0 spiro atoms. The van der Waals surface area contributed by atoms with Gasteiger partial charge in [-0.3, -0.25) is 9.48 Å². The van der Waals surface area contributed by atoms with Crippen molar-refractivity contribution in [2.75, 3.05) is 6.61 Å². The van der Waals surface area contributed by atoms with Crippen molar-refractivity contribution in [1.82, 2.24) is 15.1 Å². The number of aryl methyl sites for hydroxylation is 1. The normalized spacial score (nSPS) is 28.5. The second-order valence-electron chi connectivity index (χ2n) is 10.8. The Morgan fingerprint density at radius 3 is 2.30 bits per heavy atom. The van der Waals surface area contributed by atoms with E-state index in [9.17, 15) is 9.59 Å². The number of ether oxygens (including phenoxy) is 1. The summed E-state index contributed by atoms with van der Waals surface area (Å²) in [5.74, 6) is 1.82. The highest BCUT2D eigenvalue weighted by Gasteiger charge is 2.53. The van der Waals surface area contributed by atoms with Crippen LogP contribution >= 0.6 is 0 Å². The largest absolute Gasteiger partial charge is 0.452 e. The van der Waals surface area contributed by atoms with Crippen molar-refractivity contribution >= 4 is 11.9 Å². The van der Waals surface area contributed by atoms with E-state index in [1.807, 2.05) is 41.9 Å². The van der Waals surface area contributed by atoms with Gasteiger partial charge in [0.25, 0.3) is 5.91 Å². The lowest BCUT2D eigenvalue weighted by Crippen LogP contribution is -2.56. The smallest absolute Gasteiger partial charge is 0.342 e. The van der Waals surface area contributed by atoms with Gasteiger partial charge in [-0.05, 0) is 88.0 Å². The first-order valence-corrected chi connectivity index (χ1v) is 12.4. The number of hydrogen-bond acceptors (Lipinski definition) is 4. The number of amides is 1. The second-order valence-corrected chi connectivity index (χ2v) is 10.8. The van der Waals surface area contributed by atoms with Gasteiger partial charge in [0.05, 0.1) is 17.9 Å². The van der Waals surface area contributed by atoms with E-state index in [-0.39, 0.29) is 24.0 Å². The lowest BCUT2D eigenvalue weighted by atomic mass is 9.48. The van der Waals surface area contributed by atoms with Crippen LogP contribution in [-0.2, 0) is 16.1 Å². The average Bonchev–Trinajstić information content (AvgIpc) is 3.04. The Labute approximate surface area is 196 Å². The van der Waals surface area contributed by atoms with Gasteiger partial charge in [-0.1, -0.05) is 30.3 Å². The van der Waals surface area contributed by atoms with Crippen LogP contribution in [0.5, 0.6) is 0 Å². The molecule has 0 saturated heterocycles. The predicted molar refractivity (Wildman–Crippen MR) is 126 cm³/mol. The fraction of sp³-hybridized carbons (Fsp3) is 0.593. The number of nitrogens with one attached hydrogen (secondary N) is 1. The lowest BCUT2D eigenvalue weighted by Gasteiger charge is -2.59. The van der Waals surface area contributed by atoms with Crippen molar-refractivity contribution in [2.24, 2.45) is 23.2 Å². The van der Waals surface area contributed by atoms with Crippen LogP contribution in [0, 0.1) is 37.0 Å². The zero-order chi connectivity index (χ0) is 23.2. The van der Waals surface area contributed by atoms with Crippen LogP contribution in [0.25, 0.3) is 0 Å². The molecule has 1 aromatic heterocycles. The second kappa shape index (κ2) is 8.62. The maximum atomic E-state index is 12.8. The Bertz CT molecular complexity index is 1010. The Hall–Kier alpha value is -2.63. The summed E-state index contributed by atoms with van der Waals surface area (Å²) in [5, 5.41) is 7.70. The van der Waals surface area contributed by atoms with Gasteiger partial charge in [0.1, 0.15) is 5.56 Å². The minimum absolute atomic E-state index is 0.120. The van der Waals surface area contributed by atoms with Crippen molar-refractivity contribution in [1.29, 1.82) is 0 Å². The molecule has 1 amide bonds. The number of benzene rings is 1. The third kappa shape index (κ3) is 4.32. The topological polar surface area (TPSA) is 73.2 Å². The number of hydrogen-bond donors (Lipinski definition) is 1. The zero-order valence-corrected chi connectivity index (χ0v) is 20.0. The fourth-order valence-electron chi connectivity index (χ4n) is 7.25. The van der Waals surface area contributed by atoms with Crippen LogP contribution in [0.4, 0.5) is 0 Å². The third-order valence-corrected chi connectivity index (χ3v) is 8.48. The summed E-state index contributed by atoms with van der Waals surface area (Å²) in [6.07, 6.45) is 7.86. The van der Waals surface area contributed by atoms with E-state index in [2.05, 4.69) is 17.3 Å². The van der Waals surface area contributed by atoms with Gasteiger partial charge >= 0.3 is 5.97 Å². The summed E-state index contributed by atoms with van der Waals surface area (Å²) in [6, 6.07) is 10.1. The van der Waals surface area contributed by atoms with Crippen LogP contribution in [0.2, 0.25) is 0 Å². The Morgan fingerprint density at radius 2 is 1.70 bits per heavy atom. The van der Waals surface area contributed by atoms with Crippen LogP contribution < -0.4 is 5.32 Å². The molecular weight excluding hydrogens is 414 g/mol. The molecule has 176 valence electrons. The quantitative estimate of drug-likeness (QED) is 0.635. The Kier molecular flexibility index (Phi) is 5.79. The fourth-order valence-corrected chi connectivity index (χ4v) is 7.25. The minimum atomic E-state index is -0.484. The molecule has 0 aliphatic heterocycles. The number of carbonyl (C=O) groups excluding carboxylic acids is 2. The standard InChI is InChI=1S/C27H35N3O3/c1-17-25(18(2)30(29-17)15-20-7-5-4-6-8-20)26(32)33-16-24(31)28-19(3)27-12-21-9-22(13-27)11-23(10-21)14-27/h4-8,19,21-23H,9-16H2,1-3H3,(H,28,31)/t19-,21?,22?,23?,27?/m0/s1. The van der Waals surface area contributed by atoms with Gasteiger partial charge in [0.15, 0.2) is 6.61 Å². The van der Waals surface area contributed by atoms with E-state index in [4.69, 9.17) is 4.74 Å². The van der Waals surface area contributed by atoms with E-state index in [0.29, 0.717) is 17.8 Å². The van der Waals surface area contributed by atoms with Crippen LogP contribution in [0.15, 0.2) is 30.3 Å². The first-order valence-electron chi connectivity index (χ1n) is 12.4. The highest BCUT2D eigenvalue weighted by atomic mass is 16.5. The van der Waals surface area contributed by atoms with Crippen molar-refractivity contribution in [3.05, 3.63) is 52.8 Å². The van der Waals surface area contributed by atoms with Crippen LogP contribution in [-0.4, -0.2) is 34.3 Å². The number of esters is 1. The van der Waals surface area contributed by atoms with Gasteiger partial charge in [-0.25, -0.2) is 4.79 Å². The van der Waals surface area contributed by atoms with Crippen LogP contribution in [0.1, 0.15) is 72.8 Å². The molecule has 1 N–H and O–H groups in total. The maximum absolute atomic E-state index is 12.8. The Morgan fingerprint density at radius 1 is 1.09 bits per heavy atom. The molecule has 2 aromatic rings. The minimum Gasteiger partial charge on any atom is -0.452 e. The zero-order valence-electron chi connectivity index (χ0n) is 20.0. The summed E-state index contributed by atoms with van der Waals surface area (Å²) >= 11 is 0. The summed E-state index contributed by atoms with van der Waals surface area (Å²) in [6.45, 7) is 6.16. The SMILES string of the molecule is Cc1nn(Cc2ccccc2)c(C)c1C(=O)OCC(=O)N[C@@H](C)C12CC3CC(CC(C3)C1)C2. The number of aromatic nitrogens is 2. The van der Waals surface area contributed by atoms with Gasteiger partial charge in [-0.15, -0.1) is 0 Å². The first kappa shape index (κ1) is 22.2. The van der Waals surface area contributed by atoms with Crippen molar-refractivity contribution in [3.63, 3.8) is 0 Å². The van der Waals surface area contributed by atoms with E-state index in [1.165, 1.54) is 38.5 Å². The van der Waals surface area contributed by atoms with Crippen molar-refractivity contribution in [2.45, 2.75) is 71.9 Å². The molecule has 4 aliphatic rings. The molecule has 4 fully saturated rings. The van der Waals surface area contributed by atoms with Gasteiger partial charge in [0.2, 0.25) is 0 Å². The molecule has 6 nitrogen and oxygen atoms in total. The number of rotatable bonds is 7. The predicted octanol–water partition coefficient (Wildman–Crippen LogP) is 4.43. The lowest BCUT2D eigenvalue weighted by molar-refractivity contribution is -0.128. The van der Waals surface area contributed by atoms with Crippen LogP contribution in [0.3, 0.4) is 0 Å². The summed E-state index contributed by atoms with van der Waals surface area (Å²) in [4.78, 5) is 25.5. The van der Waals surface area contributed by atoms with Crippen molar-refractivity contribution < 1.29 is 14.3 Å². The number of nitrogens with zero attached hydrogens (tertiary/aromatic N) is 2. The highest BCUT2D eigenvalue weighted by molar-refractivity contribution is 5.93. The van der Waals surface area contributed by atoms with E-state index < -0.39 is 5.97 Å². The summed E-state index contributed by atoms with van der Waals surface area (Å²) in [7, 11) is 0. The molecule has 1 heterocycles. The van der Waals surface area contributed by atoms with Crippen molar-refractivity contribution in [3.8, 4) is 0 Å². The Balaban J connectivity index is 1.18. The monoisotopic (exact) mass is 449 g/mol. The van der Waals surface area contributed by atoms with Gasteiger partial charge in [0, 0.05) is 6.04 Å². The molecule has 1 aromatic carbocycles.